The molecule has 0 fully saturated rings. The molecule has 0 amide bonds. The summed E-state index contributed by atoms with van der Waals surface area (Å²) in [6, 6.07) is 7.26. The Morgan fingerprint density at radius 2 is 2.37 bits per heavy atom. The number of hydrogen-bond donors (Lipinski definition) is 2. The number of anilines is 1. The first kappa shape index (κ1) is 13.5. The number of carboxylic acid groups (broad SMARTS) is 1. The lowest BCUT2D eigenvalue weighted by molar-refractivity contribution is 0.0691. The summed E-state index contributed by atoms with van der Waals surface area (Å²) >= 11 is 4.65. The molecule has 0 aliphatic heterocycles. The summed E-state index contributed by atoms with van der Waals surface area (Å²) in [6.07, 6.45) is 0. The van der Waals surface area contributed by atoms with Crippen molar-refractivity contribution < 1.29 is 9.90 Å². The fourth-order valence-electron chi connectivity index (χ4n) is 1.39. The predicted molar refractivity (Wildman–Crippen MR) is 75.3 cm³/mol. The number of carboxylic acids is 1. The maximum absolute atomic E-state index is 10.7. The van der Waals surface area contributed by atoms with E-state index in [-0.39, 0.29) is 5.69 Å². The molecular formula is C12H8BrN3O2S. The summed E-state index contributed by atoms with van der Waals surface area (Å²) < 4.78 is 0.779. The smallest absolute Gasteiger partial charge is 0.355 e. The van der Waals surface area contributed by atoms with Crippen molar-refractivity contribution in [2.45, 2.75) is 6.54 Å². The minimum Gasteiger partial charge on any atom is -0.476 e. The highest BCUT2D eigenvalue weighted by molar-refractivity contribution is 9.10. The third-order valence-corrected chi connectivity index (χ3v) is 3.80. The van der Waals surface area contributed by atoms with Crippen molar-refractivity contribution in [3.05, 3.63) is 44.3 Å². The van der Waals surface area contributed by atoms with E-state index >= 15 is 0 Å². The second-order valence-electron chi connectivity index (χ2n) is 3.59. The van der Waals surface area contributed by atoms with Crippen LogP contribution in [0.3, 0.4) is 0 Å². The SMILES string of the molecule is N#Cc1ccc(NCc2nc(C(=O)O)cs2)c(Br)c1. The molecule has 2 aromatic rings. The van der Waals surface area contributed by atoms with Gasteiger partial charge in [-0.2, -0.15) is 5.26 Å². The molecule has 0 saturated heterocycles. The number of nitriles is 1. The lowest BCUT2D eigenvalue weighted by Gasteiger charge is -2.06. The Hall–Kier alpha value is -1.91. The molecule has 0 spiro atoms. The third kappa shape index (κ3) is 3.30. The summed E-state index contributed by atoms with van der Waals surface area (Å²) in [6.45, 7) is 0.433. The number of nitrogens with zero attached hydrogens (tertiary/aromatic N) is 2. The maximum Gasteiger partial charge on any atom is 0.355 e. The zero-order chi connectivity index (χ0) is 13.8. The second-order valence-corrected chi connectivity index (χ2v) is 5.39. The van der Waals surface area contributed by atoms with E-state index in [1.807, 2.05) is 0 Å². The van der Waals surface area contributed by atoms with Gasteiger partial charge in [-0.15, -0.1) is 11.3 Å². The van der Waals surface area contributed by atoms with Crippen LogP contribution in [0.25, 0.3) is 0 Å². The van der Waals surface area contributed by atoms with Gasteiger partial charge in [-0.3, -0.25) is 0 Å². The average Bonchev–Trinajstić information content (AvgIpc) is 2.86. The van der Waals surface area contributed by atoms with Crippen LogP contribution < -0.4 is 5.32 Å². The third-order valence-electron chi connectivity index (χ3n) is 2.30. The van der Waals surface area contributed by atoms with E-state index in [1.165, 1.54) is 16.7 Å². The number of rotatable bonds is 4. The van der Waals surface area contributed by atoms with E-state index in [4.69, 9.17) is 10.4 Å². The van der Waals surface area contributed by atoms with Crippen molar-refractivity contribution in [2.24, 2.45) is 0 Å². The average molecular weight is 338 g/mol. The van der Waals surface area contributed by atoms with Gasteiger partial charge >= 0.3 is 5.97 Å². The lowest BCUT2D eigenvalue weighted by Crippen LogP contribution is -2.02. The molecule has 0 aliphatic carbocycles. The van der Waals surface area contributed by atoms with Crippen LogP contribution in [0.2, 0.25) is 0 Å². The molecule has 2 N–H and O–H groups in total. The van der Waals surface area contributed by atoms with Gasteiger partial charge in [-0.1, -0.05) is 0 Å². The minimum absolute atomic E-state index is 0.0562. The van der Waals surface area contributed by atoms with E-state index in [2.05, 4.69) is 32.3 Å². The monoisotopic (exact) mass is 337 g/mol. The van der Waals surface area contributed by atoms with Gasteiger partial charge in [-0.25, -0.2) is 9.78 Å². The molecule has 2 rings (SSSR count). The maximum atomic E-state index is 10.7. The van der Waals surface area contributed by atoms with Crippen molar-refractivity contribution in [2.75, 3.05) is 5.32 Å². The van der Waals surface area contributed by atoms with Crippen molar-refractivity contribution in [3.8, 4) is 6.07 Å². The number of thiazole rings is 1. The van der Waals surface area contributed by atoms with E-state index in [0.717, 1.165) is 10.2 Å². The quantitative estimate of drug-likeness (QED) is 0.895. The number of nitrogens with one attached hydrogen (secondary N) is 1. The van der Waals surface area contributed by atoms with Crippen molar-refractivity contribution in [3.63, 3.8) is 0 Å². The zero-order valence-corrected chi connectivity index (χ0v) is 12.0. The van der Waals surface area contributed by atoms with Crippen LogP contribution in [0.15, 0.2) is 28.1 Å². The van der Waals surface area contributed by atoms with Crippen LogP contribution in [0.5, 0.6) is 0 Å². The molecule has 0 unspecified atom stereocenters. The van der Waals surface area contributed by atoms with Gasteiger partial charge in [0.05, 0.1) is 18.2 Å². The Bertz CT molecular complexity index is 663. The molecule has 5 nitrogen and oxygen atoms in total. The van der Waals surface area contributed by atoms with Crippen LogP contribution in [-0.2, 0) is 6.54 Å². The number of aromatic carboxylic acids is 1. The van der Waals surface area contributed by atoms with Crippen LogP contribution >= 0.6 is 27.3 Å². The largest absolute Gasteiger partial charge is 0.476 e. The van der Waals surface area contributed by atoms with Crippen LogP contribution in [0.4, 0.5) is 5.69 Å². The highest BCUT2D eigenvalue weighted by Crippen LogP contribution is 2.24. The van der Waals surface area contributed by atoms with Gasteiger partial charge in [-0.05, 0) is 34.1 Å². The highest BCUT2D eigenvalue weighted by Gasteiger charge is 2.08. The zero-order valence-electron chi connectivity index (χ0n) is 9.55. The number of hydrogen-bond acceptors (Lipinski definition) is 5. The molecule has 7 heteroatoms. The Balaban J connectivity index is 2.06. The first-order valence-corrected chi connectivity index (χ1v) is 6.88. The summed E-state index contributed by atoms with van der Waals surface area (Å²) in [5, 5.41) is 22.9. The molecule has 1 heterocycles. The van der Waals surface area contributed by atoms with Gasteiger partial charge in [0.2, 0.25) is 0 Å². The van der Waals surface area contributed by atoms with Crippen molar-refractivity contribution in [1.29, 1.82) is 5.26 Å². The molecule has 0 radical (unpaired) electrons. The molecule has 19 heavy (non-hydrogen) atoms. The van der Waals surface area contributed by atoms with Crippen molar-refractivity contribution >= 4 is 38.9 Å². The molecule has 1 aromatic carbocycles. The van der Waals surface area contributed by atoms with Crippen molar-refractivity contribution in [1.82, 2.24) is 4.98 Å². The van der Waals surface area contributed by atoms with E-state index in [9.17, 15) is 4.79 Å². The van der Waals surface area contributed by atoms with Gasteiger partial charge < -0.3 is 10.4 Å². The number of benzene rings is 1. The van der Waals surface area contributed by atoms with Crippen LogP contribution in [0.1, 0.15) is 21.1 Å². The Morgan fingerprint density at radius 3 is 2.95 bits per heavy atom. The first-order valence-electron chi connectivity index (χ1n) is 5.21. The topological polar surface area (TPSA) is 86.0 Å². The first-order chi connectivity index (χ1) is 9.10. The number of halogens is 1. The number of carbonyl (C=O) groups is 1. The fourth-order valence-corrected chi connectivity index (χ4v) is 2.62. The van der Waals surface area contributed by atoms with Gasteiger partial charge in [0, 0.05) is 15.5 Å². The predicted octanol–water partition coefficient (Wildman–Crippen LogP) is 3.09. The summed E-state index contributed by atoms with van der Waals surface area (Å²) in [4.78, 5) is 14.7. The normalized spacial score (nSPS) is 9.89. The van der Waals surface area contributed by atoms with E-state index < -0.39 is 5.97 Å². The molecule has 1 aromatic heterocycles. The molecule has 96 valence electrons. The highest BCUT2D eigenvalue weighted by atomic mass is 79.9. The summed E-state index contributed by atoms with van der Waals surface area (Å²) in [5.74, 6) is -1.03. The Kier molecular flexibility index (Phi) is 4.14. The molecule has 0 aliphatic rings. The van der Waals surface area contributed by atoms with Gasteiger partial charge in [0.15, 0.2) is 5.69 Å². The Labute approximate surface area is 121 Å². The van der Waals surface area contributed by atoms with Gasteiger partial charge in [0.1, 0.15) is 5.01 Å². The molecule has 0 bridgehead atoms. The molecule has 0 saturated carbocycles. The minimum atomic E-state index is -1.03. The van der Waals surface area contributed by atoms with E-state index in [0.29, 0.717) is 17.1 Å². The van der Waals surface area contributed by atoms with Crippen LogP contribution in [0, 0.1) is 11.3 Å². The van der Waals surface area contributed by atoms with Gasteiger partial charge in [0.25, 0.3) is 0 Å². The summed E-state index contributed by atoms with van der Waals surface area (Å²) in [5.41, 5.74) is 1.45. The molecule has 0 atom stereocenters. The summed E-state index contributed by atoms with van der Waals surface area (Å²) in [7, 11) is 0. The Morgan fingerprint density at radius 1 is 1.58 bits per heavy atom. The molecular weight excluding hydrogens is 330 g/mol. The second kappa shape index (κ2) is 5.82. The standard InChI is InChI=1S/C12H8BrN3O2S/c13-8-3-7(4-14)1-2-9(8)15-5-11-16-10(6-19-11)12(17)18/h1-3,6,15H,5H2,(H,17,18). The fraction of sp³-hybridized carbons (Fsp3) is 0.0833. The lowest BCUT2D eigenvalue weighted by atomic mass is 10.2. The van der Waals surface area contributed by atoms with Crippen LogP contribution in [-0.4, -0.2) is 16.1 Å². The number of aromatic nitrogens is 1. The van der Waals surface area contributed by atoms with E-state index in [1.54, 1.807) is 18.2 Å².